The minimum Gasteiger partial charge on any atom is -0.461 e. The Bertz CT molecular complexity index is 827. The molecule has 0 aliphatic rings. The second-order valence-electron chi connectivity index (χ2n) is 6.23. The van der Waals surface area contributed by atoms with E-state index in [1.165, 1.54) is 4.90 Å². The van der Waals surface area contributed by atoms with Gasteiger partial charge in [0.1, 0.15) is 5.69 Å². The SMILES string of the molecule is CCOC(=O)c1[nH]c(C)c(C(=O)CN(Cc2ccncc2)C(=O)CC)c1C. The molecule has 2 rings (SSSR count). The predicted octanol–water partition coefficient (Wildman–Crippen LogP) is 2.82. The van der Waals surface area contributed by atoms with E-state index < -0.39 is 5.97 Å². The number of ether oxygens (including phenoxy) is 1. The lowest BCUT2D eigenvalue weighted by Crippen LogP contribution is -2.35. The van der Waals surface area contributed by atoms with Crippen molar-refractivity contribution in [2.24, 2.45) is 0 Å². The Labute approximate surface area is 158 Å². The lowest BCUT2D eigenvalue weighted by Gasteiger charge is -2.21. The van der Waals surface area contributed by atoms with Crippen LogP contribution in [-0.2, 0) is 16.1 Å². The molecule has 1 N–H and O–H groups in total. The topological polar surface area (TPSA) is 92.4 Å². The van der Waals surface area contributed by atoms with Gasteiger partial charge in [-0.05, 0) is 44.0 Å². The van der Waals surface area contributed by atoms with Crippen molar-refractivity contribution in [2.75, 3.05) is 13.2 Å². The van der Waals surface area contributed by atoms with E-state index in [0.29, 0.717) is 29.8 Å². The van der Waals surface area contributed by atoms with Crippen molar-refractivity contribution >= 4 is 17.7 Å². The molecular formula is C20H25N3O4. The predicted molar refractivity (Wildman–Crippen MR) is 100 cm³/mol. The number of ketones is 1. The van der Waals surface area contributed by atoms with E-state index in [1.807, 2.05) is 12.1 Å². The number of amides is 1. The zero-order chi connectivity index (χ0) is 20.0. The molecule has 2 heterocycles. The van der Waals surface area contributed by atoms with E-state index in [9.17, 15) is 14.4 Å². The summed E-state index contributed by atoms with van der Waals surface area (Å²) < 4.78 is 5.02. The first-order valence-corrected chi connectivity index (χ1v) is 8.95. The number of esters is 1. The number of carbonyl (C=O) groups excluding carboxylic acids is 3. The van der Waals surface area contributed by atoms with Crippen LogP contribution in [0.4, 0.5) is 0 Å². The van der Waals surface area contributed by atoms with Crippen LogP contribution < -0.4 is 0 Å². The van der Waals surface area contributed by atoms with E-state index in [1.54, 1.807) is 40.1 Å². The molecule has 0 fully saturated rings. The monoisotopic (exact) mass is 371 g/mol. The van der Waals surface area contributed by atoms with Gasteiger partial charge in [0.15, 0.2) is 5.78 Å². The largest absolute Gasteiger partial charge is 0.461 e. The molecule has 0 unspecified atom stereocenters. The summed E-state index contributed by atoms with van der Waals surface area (Å²) in [5.41, 5.74) is 2.74. The van der Waals surface area contributed by atoms with Gasteiger partial charge in [0.2, 0.25) is 5.91 Å². The van der Waals surface area contributed by atoms with Crippen molar-refractivity contribution in [3.8, 4) is 0 Å². The number of hydrogen-bond donors (Lipinski definition) is 1. The molecule has 0 aliphatic carbocycles. The minimum absolute atomic E-state index is 0.0587. The Morgan fingerprint density at radius 3 is 2.41 bits per heavy atom. The summed E-state index contributed by atoms with van der Waals surface area (Å²) >= 11 is 0. The van der Waals surface area contributed by atoms with E-state index >= 15 is 0 Å². The van der Waals surface area contributed by atoms with Crippen LogP contribution in [0.25, 0.3) is 0 Å². The van der Waals surface area contributed by atoms with Crippen molar-refractivity contribution in [2.45, 2.75) is 40.7 Å². The van der Waals surface area contributed by atoms with Crippen LogP contribution in [0.1, 0.15) is 57.9 Å². The van der Waals surface area contributed by atoms with Crippen LogP contribution in [0.5, 0.6) is 0 Å². The molecule has 0 aliphatic heterocycles. The van der Waals surface area contributed by atoms with Crippen molar-refractivity contribution in [3.05, 3.63) is 52.6 Å². The maximum atomic E-state index is 12.9. The van der Waals surface area contributed by atoms with Gasteiger partial charge in [-0.25, -0.2) is 4.79 Å². The third kappa shape index (κ3) is 4.81. The molecule has 7 heteroatoms. The highest BCUT2D eigenvalue weighted by atomic mass is 16.5. The highest BCUT2D eigenvalue weighted by molar-refractivity contribution is 6.04. The first kappa shape index (κ1) is 20.4. The Morgan fingerprint density at radius 1 is 1.15 bits per heavy atom. The Balaban J connectivity index is 2.25. The molecule has 144 valence electrons. The number of aryl methyl sites for hydroxylation is 1. The third-order valence-corrected chi connectivity index (χ3v) is 4.31. The Morgan fingerprint density at radius 2 is 1.81 bits per heavy atom. The Hall–Kier alpha value is -2.96. The summed E-state index contributed by atoms with van der Waals surface area (Å²) in [5, 5.41) is 0. The molecule has 0 spiro atoms. The number of carbonyl (C=O) groups is 3. The van der Waals surface area contributed by atoms with Crippen LogP contribution >= 0.6 is 0 Å². The van der Waals surface area contributed by atoms with Crippen molar-refractivity contribution in [3.63, 3.8) is 0 Å². The van der Waals surface area contributed by atoms with Gasteiger partial charge in [0.25, 0.3) is 0 Å². The number of pyridine rings is 1. The number of aromatic amines is 1. The fourth-order valence-corrected chi connectivity index (χ4v) is 2.99. The number of H-pyrrole nitrogens is 1. The zero-order valence-corrected chi connectivity index (χ0v) is 16.2. The Kier molecular flexibility index (Phi) is 6.87. The summed E-state index contributed by atoms with van der Waals surface area (Å²) in [6.07, 6.45) is 3.60. The van der Waals surface area contributed by atoms with Gasteiger partial charge in [-0.3, -0.25) is 14.6 Å². The molecule has 0 bridgehead atoms. The molecule has 1 amide bonds. The maximum Gasteiger partial charge on any atom is 0.355 e. The average Bonchev–Trinajstić information content (AvgIpc) is 2.96. The molecule has 0 radical (unpaired) electrons. The molecule has 0 aromatic carbocycles. The summed E-state index contributed by atoms with van der Waals surface area (Å²) in [7, 11) is 0. The number of rotatable bonds is 8. The first-order chi connectivity index (χ1) is 12.9. The van der Waals surface area contributed by atoms with E-state index in [0.717, 1.165) is 5.56 Å². The van der Waals surface area contributed by atoms with Gasteiger partial charge in [0, 0.05) is 36.6 Å². The summed E-state index contributed by atoms with van der Waals surface area (Å²) in [5.74, 6) is -0.820. The molecule has 0 atom stereocenters. The molecule has 2 aromatic rings. The van der Waals surface area contributed by atoms with E-state index in [2.05, 4.69) is 9.97 Å². The van der Waals surface area contributed by atoms with E-state index in [4.69, 9.17) is 4.74 Å². The highest BCUT2D eigenvalue weighted by Gasteiger charge is 2.25. The fourth-order valence-electron chi connectivity index (χ4n) is 2.99. The molecule has 7 nitrogen and oxygen atoms in total. The van der Waals surface area contributed by atoms with Gasteiger partial charge in [-0.1, -0.05) is 6.92 Å². The van der Waals surface area contributed by atoms with Crippen molar-refractivity contribution < 1.29 is 19.1 Å². The second kappa shape index (κ2) is 9.12. The lowest BCUT2D eigenvalue weighted by atomic mass is 10.0. The normalized spacial score (nSPS) is 10.5. The molecule has 0 saturated carbocycles. The average molecular weight is 371 g/mol. The zero-order valence-electron chi connectivity index (χ0n) is 16.2. The number of Topliss-reactive ketones (excluding diaryl/α,β-unsaturated/α-hetero) is 1. The number of hydrogen-bond acceptors (Lipinski definition) is 5. The minimum atomic E-state index is -0.490. The van der Waals surface area contributed by atoms with Gasteiger partial charge in [-0.2, -0.15) is 0 Å². The highest BCUT2D eigenvalue weighted by Crippen LogP contribution is 2.20. The summed E-state index contributed by atoms with van der Waals surface area (Å²) in [6.45, 7) is 7.45. The number of nitrogens with one attached hydrogen (secondary N) is 1. The van der Waals surface area contributed by atoms with Crippen LogP contribution in [0.3, 0.4) is 0 Å². The summed E-state index contributed by atoms with van der Waals surface area (Å²) in [6, 6.07) is 3.62. The number of nitrogens with zero attached hydrogens (tertiary/aromatic N) is 2. The van der Waals surface area contributed by atoms with E-state index in [-0.39, 0.29) is 30.5 Å². The maximum absolute atomic E-state index is 12.9. The molecular weight excluding hydrogens is 346 g/mol. The van der Waals surface area contributed by atoms with Crippen LogP contribution in [0.2, 0.25) is 0 Å². The van der Waals surface area contributed by atoms with Crippen molar-refractivity contribution in [1.29, 1.82) is 0 Å². The van der Waals surface area contributed by atoms with Gasteiger partial charge >= 0.3 is 5.97 Å². The third-order valence-electron chi connectivity index (χ3n) is 4.31. The van der Waals surface area contributed by atoms with Gasteiger partial charge < -0.3 is 14.6 Å². The molecule has 0 saturated heterocycles. The standard InChI is InChI=1S/C20H25N3O4/c1-5-17(25)23(11-15-7-9-21-10-8-15)12-16(24)18-13(3)19(22-14(18)4)20(26)27-6-2/h7-10,22H,5-6,11-12H2,1-4H3. The van der Waals surface area contributed by atoms with Gasteiger partial charge in [0.05, 0.1) is 13.2 Å². The fraction of sp³-hybridized carbons (Fsp3) is 0.400. The van der Waals surface area contributed by atoms with Crippen LogP contribution in [0, 0.1) is 13.8 Å². The first-order valence-electron chi connectivity index (χ1n) is 8.95. The summed E-state index contributed by atoms with van der Waals surface area (Å²) in [4.78, 5) is 45.7. The van der Waals surface area contributed by atoms with Crippen molar-refractivity contribution in [1.82, 2.24) is 14.9 Å². The number of aromatic nitrogens is 2. The quantitative estimate of drug-likeness (QED) is 0.569. The van der Waals surface area contributed by atoms with Gasteiger partial charge in [-0.15, -0.1) is 0 Å². The van der Waals surface area contributed by atoms with Crippen LogP contribution in [-0.4, -0.2) is 45.7 Å². The molecule has 2 aromatic heterocycles. The second-order valence-corrected chi connectivity index (χ2v) is 6.23. The van der Waals surface area contributed by atoms with Crippen LogP contribution in [0.15, 0.2) is 24.5 Å². The lowest BCUT2D eigenvalue weighted by molar-refractivity contribution is -0.131. The molecule has 27 heavy (non-hydrogen) atoms. The smallest absolute Gasteiger partial charge is 0.355 e.